The normalized spacial score (nSPS) is 11.0. The number of hydrogen-bond acceptors (Lipinski definition) is 4. The lowest BCUT2D eigenvalue weighted by Gasteiger charge is -2.09. The Balaban J connectivity index is 3.23. The molecule has 0 saturated heterocycles. The second-order valence-electron chi connectivity index (χ2n) is 3.51. The van der Waals surface area contributed by atoms with Gasteiger partial charge in [-0.25, -0.2) is 4.79 Å². The lowest BCUT2D eigenvalue weighted by Crippen LogP contribution is -2.19. The van der Waals surface area contributed by atoms with Gasteiger partial charge in [0.2, 0.25) is 0 Å². The van der Waals surface area contributed by atoms with Gasteiger partial charge in [0.15, 0.2) is 0 Å². The van der Waals surface area contributed by atoms with Crippen molar-refractivity contribution in [3.63, 3.8) is 0 Å². The molecule has 0 radical (unpaired) electrons. The predicted octanol–water partition coefficient (Wildman–Crippen LogP) is 1.38. The highest BCUT2D eigenvalue weighted by atomic mass is 16.6. The second-order valence-corrected chi connectivity index (χ2v) is 3.51. The van der Waals surface area contributed by atoms with Crippen molar-refractivity contribution in [1.29, 1.82) is 0 Å². The van der Waals surface area contributed by atoms with E-state index in [2.05, 4.69) is 0 Å². The first kappa shape index (κ1) is 13.4. The van der Waals surface area contributed by atoms with Crippen LogP contribution in [0.5, 0.6) is 0 Å². The second kappa shape index (κ2) is 7.76. The molecule has 0 aliphatic rings. The van der Waals surface area contributed by atoms with Crippen molar-refractivity contribution in [2.75, 3.05) is 19.8 Å². The standard InChI is InChI=1S/C10H20O4/c1-8(2)13-6-5-12-7-10(11)14-9(3)4/h8-9H,5-7H2,1-4H3. The third-order valence-corrected chi connectivity index (χ3v) is 1.27. The molecule has 0 atom stereocenters. The zero-order chi connectivity index (χ0) is 11.0. The quantitative estimate of drug-likeness (QED) is 0.464. The molecule has 0 fully saturated rings. The number of carbonyl (C=O) groups is 1. The molecule has 0 aromatic heterocycles. The van der Waals surface area contributed by atoms with Crippen LogP contribution in [0.15, 0.2) is 0 Å². The van der Waals surface area contributed by atoms with Gasteiger partial charge in [0.25, 0.3) is 0 Å². The van der Waals surface area contributed by atoms with Crippen molar-refractivity contribution in [3.8, 4) is 0 Å². The highest BCUT2D eigenvalue weighted by Gasteiger charge is 2.04. The van der Waals surface area contributed by atoms with Crippen molar-refractivity contribution in [1.82, 2.24) is 0 Å². The van der Waals surface area contributed by atoms with Gasteiger partial charge in [-0.05, 0) is 27.7 Å². The first-order chi connectivity index (χ1) is 6.52. The summed E-state index contributed by atoms with van der Waals surface area (Å²) in [7, 11) is 0. The van der Waals surface area contributed by atoms with Crippen LogP contribution < -0.4 is 0 Å². The topological polar surface area (TPSA) is 44.8 Å². The minimum absolute atomic E-state index is 0.000362. The molecule has 0 N–H and O–H groups in total. The lowest BCUT2D eigenvalue weighted by atomic mass is 10.5. The molecule has 4 nitrogen and oxygen atoms in total. The van der Waals surface area contributed by atoms with Gasteiger partial charge in [-0.15, -0.1) is 0 Å². The number of hydrogen-bond donors (Lipinski definition) is 0. The van der Waals surface area contributed by atoms with Gasteiger partial charge < -0.3 is 14.2 Å². The van der Waals surface area contributed by atoms with E-state index in [9.17, 15) is 4.79 Å². The van der Waals surface area contributed by atoms with Crippen LogP contribution in [0.4, 0.5) is 0 Å². The summed E-state index contributed by atoms with van der Waals surface area (Å²) < 4.78 is 15.1. The van der Waals surface area contributed by atoms with E-state index >= 15 is 0 Å². The summed E-state index contributed by atoms with van der Waals surface area (Å²) in [6.45, 7) is 8.44. The van der Waals surface area contributed by atoms with E-state index in [1.165, 1.54) is 0 Å². The number of rotatable bonds is 7. The van der Waals surface area contributed by atoms with E-state index in [1.807, 2.05) is 13.8 Å². The monoisotopic (exact) mass is 204 g/mol. The van der Waals surface area contributed by atoms with Gasteiger partial charge in [-0.1, -0.05) is 0 Å². The Kier molecular flexibility index (Phi) is 7.42. The minimum atomic E-state index is -0.329. The van der Waals surface area contributed by atoms with Crippen molar-refractivity contribution in [2.45, 2.75) is 39.9 Å². The fourth-order valence-corrected chi connectivity index (χ4v) is 0.795. The molecule has 0 aromatic carbocycles. The average Bonchev–Trinajstić information content (AvgIpc) is 2.01. The highest BCUT2D eigenvalue weighted by molar-refractivity contribution is 5.70. The van der Waals surface area contributed by atoms with E-state index in [0.717, 1.165) is 0 Å². The molecular weight excluding hydrogens is 184 g/mol. The maximum absolute atomic E-state index is 11.0. The highest BCUT2D eigenvalue weighted by Crippen LogP contribution is 1.91. The Morgan fingerprint density at radius 1 is 1.07 bits per heavy atom. The van der Waals surface area contributed by atoms with E-state index in [4.69, 9.17) is 14.2 Å². The maximum Gasteiger partial charge on any atom is 0.332 e. The summed E-state index contributed by atoms with van der Waals surface area (Å²) >= 11 is 0. The summed E-state index contributed by atoms with van der Waals surface area (Å²) in [6.07, 6.45) is 0.110. The molecule has 84 valence electrons. The predicted molar refractivity (Wildman–Crippen MR) is 53.1 cm³/mol. The molecular formula is C10H20O4. The molecule has 4 heteroatoms. The third kappa shape index (κ3) is 9.48. The first-order valence-electron chi connectivity index (χ1n) is 4.91. The van der Waals surface area contributed by atoms with Gasteiger partial charge in [-0.3, -0.25) is 0 Å². The van der Waals surface area contributed by atoms with Gasteiger partial charge >= 0.3 is 5.97 Å². The van der Waals surface area contributed by atoms with Crippen LogP contribution in [0, 0.1) is 0 Å². The lowest BCUT2D eigenvalue weighted by molar-refractivity contribution is -0.153. The summed E-state index contributed by atoms with van der Waals surface area (Å²) in [5.74, 6) is -0.329. The number of carbonyl (C=O) groups excluding carboxylic acids is 1. The van der Waals surface area contributed by atoms with Crippen molar-refractivity contribution < 1.29 is 19.0 Å². The van der Waals surface area contributed by atoms with E-state index < -0.39 is 0 Å². The average molecular weight is 204 g/mol. The zero-order valence-corrected chi connectivity index (χ0v) is 9.41. The van der Waals surface area contributed by atoms with Crippen LogP contribution in [0.25, 0.3) is 0 Å². The van der Waals surface area contributed by atoms with Crippen LogP contribution in [0.1, 0.15) is 27.7 Å². The van der Waals surface area contributed by atoms with E-state index in [0.29, 0.717) is 13.2 Å². The van der Waals surface area contributed by atoms with Gasteiger partial charge in [0.05, 0.1) is 25.4 Å². The Bertz CT molecular complexity index is 154. The molecule has 0 bridgehead atoms. The third-order valence-electron chi connectivity index (χ3n) is 1.27. The van der Waals surface area contributed by atoms with E-state index in [-0.39, 0.29) is 24.8 Å². The Morgan fingerprint density at radius 2 is 1.71 bits per heavy atom. The molecule has 0 aliphatic heterocycles. The largest absolute Gasteiger partial charge is 0.461 e. The molecule has 0 spiro atoms. The van der Waals surface area contributed by atoms with Crippen molar-refractivity contribution >= 4 is 5.97 Å². The Morgan fingerprint density at radius 3 is 2.21 bits per heavy atom. The van der Waals surface area contributed by atoms with Crippen LogP contribution in [-0.4, -0.2) is 38.0 Å². The van der Waals surface area contributed by atoms with E-state index in [1.54, 1.807) is 13.8 Å². The first-order valence-corrected chi connectivity index (χ1v) is 4.91. The summed E-state index contributed by atoms with van der Waals surface area (Å²) in [4.78, 5) is 11.0. The van der Waals surface area contributed by atoms with Crippen molar-refractivity contribution in [3.05, 3.63) is 0 Å². The fraction of sp³-hybridized carbons (Fsp3) is 0.900. The zero-order valence-electron chi connectivity index (χ0n) is 9.41. The summed E-state index contributed by atoms with van der Waals surface area (Å²) in [6, 6.07) is 0. The van der Waals surface area contributed by atoms with Crippen LogP contribution in [0.2, 0.25) is 0 Å². The molecule has 0 aromatic rings. The Labute approximate surface area is 85.5 Å². The van der Waals surface area contributed by atoms with Crippen LogP contribution in [-0.2, 0) is 19.0 Å². The molecule has 14 heavy (non-hydrogen) atoms. The molecule has 0 heterocycles. The van der Waals surface area contributed by atoms with Gasteiger partial charge in [0, 0.05) is 0 Å². The van der Waals surface area contributed by atoms with Gasteiger partial charge in [-0.2, -0.15) is 0 Å². The maximum atomic E-state index is 11.0. The molecule has 0 saturated carbocycles. The fourth-order valence-electron chi connectivity index (χ4n) is 0.795. The molecule has 0 rings (SSSR count). The van der Waals surface area contributed by atoms with Crippen LogP contribution in [0.3, 0.4) is 0 Å². The summed E-state index contributed by atoms with van der Waals surface area (Å²) in [5.41, 5.74) is 0. The number of ether oxygens (including phenoxy) is 3. The molecule has 0 aliphatic carbocycles. The van der Waals surface area contributed by atoms with Crippen molar-refractivity contribution in [2.24, 2.45) is 0 Å². The number of esters is 1. The van der Waals surface area contributed by atoms with Gasteiger partial charge in [0.1, 0.15) is 6.61 Å². The Hall–Kier alpha value is -0.610. The SMILES string of the molecule is CC(C)OCCOCC(=O)OC(C)C. The molecule has 0 unspecified atom stereocenters. The smallest absolute Gasteiger partial charge is 0.332 e. The minimum Gasteiger partial charge on any atom is -0.461 e. The summed E-state index contributed by atoms with van der Waals surface area (Å²) in [5, 5.41) is 0. The van der Waals surface area contributed by atoms with Crippen LogP contribution >= 0.6 is 0 Å². The molecule has 0 amide bonds.